The Labute approximate surface area is 173 Å². The van der Waals surface area contributed by atoms with Gasteiger partial charge >= 0.3 is 6.18 Å². The maximum Gasteiger partial charge on any atom is 0.391 e. The van der Waals surface area contributed by atoms with E-state index in [1.807, 2.05) is 19.1 Å². The number of aromatic nitrogens is 1. The second kappa shape index (κ2) is 9.82. The van der Waals surface area contributed by atoms with Crippen LogP contribution in [0.4, 0.5) is 13.2 Å². The van der Waals surface area contributed by atoms with Gasteiger partial charge in [-0.15, -0.1) is 0 Å². The Morgan fingerprint density at radius 2 is 1.90 bits per heavy atom. The first kappa shape index (κ1) is 21.9. The van der Waals surface area contributed by atoms with Crippen LogP contribution in [-0.4, -0.2) is 29.7 Å². The minimum atomic E-state index is -4.16. The van der Waals surface area contributed by atoms with Gasteiger partial charge in [0.2, 0.25) is 0 Å². The van der Waals surface area contributed by atoms with E-state index in [1.165, 1.54) is 0 Å². The number of hydrogen-bond donors (Lipinski definition) is 1. The van der Waals surface area contributed by atoms with Crippen LogP contribution in [0, 0.1) is 5.92 Å². The highest BCUT2D eigenvalue weighted by Gasteiger charge is 2.41. The molecule has 1 amide bonds. The summed E-state index contributed by atoms with van der Waals surface area (Å²) in [6.07, 6.45) is -0.0541. The van der Waals surface area contributed by atoms with E-state index in [2.05, 4.69) is 10.3 Å². The zero-order valence-corrected chi connectivity index (χ0v) is 16.7. The Kier molecular flexibility index (Phi) is 7.18. The lowest BCUT2D eigenvalue weighted by Crippen LogP contribution is -2.40. The lowest BCUT2D eigenvalue weighted by molar-refractivity contribution is -0.182. The van der Waals surface area contributed by atoms with E-state index in [4.69, 9.17) is 9.47 Å². The largest absolute Gasteiger partial charge is 0.490 e. The number of nitrogens with one attached hydrogen (secondary N) is 1. The Balaban J connectivity index is 1.61. The van der Waals surface area contributed by atoms with E-state index >= 15 is 0 Å². The van der Waals surface area contributed by atoms with Gasteiger partial charge in [-0.1, -0.05) is 6.07 Å². The molecule has 2 aromatic rings. The molecule has 0 bridgehead atoms. The highest BCUT2D eigenvalue weighted by Crippen LogP contribution is 2.37. The molecular formula is C22H25F3N2O3. The summed E-state index contributed by atoms with van der Waals surface area (Å²) in [5.74, 6) is -0.658. The quantitative estimate of drug-likeness (QED) is 0.689. The summed E-state index contributed by atoms with van der Waals surface area (Å²) in [5, 5.41) is 2.84. The molecule has 0 radical (unpaired) electrons. The van der Waals surface area contributed by atoms with Gasteiger partial charge in [-0.3, -0.25) is 9.78 Å². The summed E-state index contributed by atoms with van der Waals surface area (Å²) in [6, 6.07) is 8.33. The number of alkyl halides is 3. The van der Waals surface area contributed by atoms with E-state index in [9.17, 15) is 18.0 Å². The van der Waals surface area contributed by atoms with Crippen LogP contribution in [0.1, 0.15) is 48.5 Å². The molecule has 1 aliphatic rings. The topological polar surface area (TPSA) is 60.5 Å². The third kappa shape index (κ3) is 5.87. The molecule has 1 aliphatic carbocycles. The van der Waals surface area contributed by atoms with Crippen LogP contribution >= 0.6 is 0 Å². The average Bonchev–Trinajstić information content (AvgIpc) is 2.73. The molecule has 0 unspecified atom stereocenters. The first-order valence-corrected chi connectivity index (χ1v) is 10.0. The minimum Gasteiger partial charge on any atom is -0.490 e. The predicted octanol–water partition coefficient (Wildman–Crippen LogP) is 4.91. The van der Waals surface area contributed by atoms with Crippen LogP contribution in [-0.2, 0) is 6.61 Å². The van der Waals surface area contributed by atoms with Gasteiger partial charge in [-0.25, -0.2) is 0 Å². The van der Waals surface area contributed by atoms with Gasteiger partial charge in [-0.2, -0.15) is 13.2 Å². The van der Waals surface area contributed by atoms with E-state index in [0.717, 1.165) is 5.56 Å². The molecule has 5 nitrogen and oxygen atoms in total. The normalized spacial score (nSPS) is 19.2. The molecule has 0 saturated heterocycles. The van der Waals surface area contributed by atoms with Crippen LogP contribution in [0.15, 0.2) is 42.7 Å². The molecule has 0 atom stereocenters. The Hall–Kier alpha value is -2.77. The number of halogens is 3. The zero-order chi connectivity index (χ0) is 21.6. The fraction of sp³-hybridized carbons (Fsp3) is 0.455. The number of hydrogen-bond acceptors (Lipinski definition) is 4. The average molecular weight is 422 g/mol. The van der Waals surface area contributed by atoms with E-state index in [-0.39, 0.29) is 24.8 Å². The fourth-order valence-electron chi connectivity index (χ4n) is 3.52. The van der Waals surface area contributed by atoms with Crippen molar-refractivity contribution in [3.05, 3.63) is 53.9 Å². The van der Waals surface area contributed by atoms with Crippen molar-refractivity contribution in [3.63, 3.8) is 0 Å². The number of amides is 1. The number of benzene rings is 1. The lowest BCUT2D eigenvalue weighted by atomic mass is 9.85. The van der Waals surface area contributed by atoms with Crippen molar-refractivity contribution in [1.29, 1.82) is 0 Å². The monoisotopic (exact) mass is 422 g/mol. The lowest BCUT2D eigenvalue weighted by Gasteiger charge is -2.30. The number of nitrogens with zero attached hydrogens (tertiary/aromatic N) is 1. The molecule has 1 heterocycles. The molecule has 3 rings (SSSR count). The predicted molar refractivity (Wildman–Crippen MR) is 105 cm³/mol. The van der Waals surface area contributed by atoms with Crippen LogP contribution < -0.4 is 14.8 Å². The fourth-order valence-corrected chi connectivity index (χ4v) is 3.52. The second-order valence-electron chi connectivity index (χ2n) is 7.31. The molecule has 1 N–H and O–H groups in total. The van der Waals surface area contributed by atoms with E-state index in [1.54, 1.807) is 30.6 Å². The maximum atomic E-state index is 12.8. The number of carbonyl (C=O) groups is 1. The number of ether oxygens (including phenoxy) is 2. The standard InChI is InChI=1S/C22H25F3N2O3/c1-2-29-20-12-16(5-10-19(20)30-14-15-4-3-11-26-13-15)21(28)27-18-8-6-17(7-9-18)22(23,24)25/h3-5,10-13,17-18H,2,6-9,14H2,1H3,(H,27,28). The molecular weight excluding hydrogens is 397 g/mol. The molecule has 1 aromatic carbocycles. The first-order valence-electron chi connectivity index (χ1n) is 10.0. The maximum absolute atomic E-state index is 12.8. The van der Waals surface area contributed by atoms with Gasteiger partial charge < -0.3 is 14.8 Å². The summed E-state index contributed by atoms with van der Waals surface area (Å²) in [5.41, 5.74) is 1.28. The molecule has 1 saturated carbocycles. The number of carbonyl (C=O) groups excluding carboxylic acids is 1. The molecule has 162 valence electrons. The third-order valence-corrected chi connectivity index (χ3v) is 5.15. The summed E-state index contributed by atoms with van der Waals surface area (Å²) >= 11 is 0. The summed E-state index contributed by atoms with van der Waals surface area (Å²) < 4.78 is 49.8. The van der Waals surface area contributed by atoms with Crippen molar-refractivity contribution in [3.8, 4) is 11.5 Å². The highest BCUT2D eigenvalue weighted by atomic mass is 19.4. The Bertz CT molecular complexity index is 835. The molecule has 1 fully saturated rings. The number of pyridine rings is 1. The Morgan fingerprint density at radius 3 is 2.53 bits per heavy atom. The van der Waals surface area contributed by atoms with Crippen LogP contribution in [0.5, 0.6) is 11.5 Å². The van der Waals surface area contributed by atoms with Gasteiger partial charge in [0.25, 0.3) is 5.91 Å². The minimum absolute atomic E-state index is 0.0414. The molecule has 30 heavy (non-hydrogen) atoms. The molecule has 8 heteroatoms. The summed E-state index contributed by atoms with van der Waals surface area (Å²) in [7, 11) is 0. The number of rotatable bonds is 7. The SMILES string of the molecule is CCOc1cc(C(=O)NC2CCC(C(F)(F)F)CC2)ccc1OCc1cccnc1. The molecule has 0 spiro atoms. The van der Waals surface area contributed by atoms with Crippen LogP contribution in [0.25, 0.3) is 0 Å². The smallest absolute Gasteiger partial charge is 0.391 e. The summed E-state index contributed by atoms with van der Waals surface area (Å²) in [4.78, 5) is 16.6. The molecule has 0 aliphatic heterocycles. The van der Waals surface area contributed by atoms with Gasteiger partial charge in [-0.05, 0) is 56.9 Å². The molecule has 1 aromatic heterocycles. The van der Waals surface area contributed by atoms with Gasteiger partial charge in [0.05, 0.1) is 12.5 Å². The first-order chi connectivity index (χ1) is 14.4. The third-order valence-electron chi connectivity index (χ3n) is 5.15. The highest BCUT2D eigenvalue weighted by molar-refractivity contribution is 5.95. The second-order valence-corrected chi connectivity index (χ2v) is 7.31. The summed E-state index contributed by atoms with van der Waals surface area (Å²) in [6.45, 7) is 2.54. The van der Waals surface area contributed by atoms with Crippen molar-refractivity contribution in [2.75, 3.05) is 6.61 Å². The van der Waals surface area contributed by atoms with E-state index in [0.29, 0.717) is 43.1 Å². The van der Waals surface area contributed by atoms with Gasteiger partial charge in [0, 0.05) is 29.6 Å². The zero-order valence-electron chi connectivity index (χ0n) is 16.7. The van der Waals surface area contributed by atoms with Crippen molar-refractivity contribution < 1.29 is 27.4 Å². The van der Waals surface area contributed by atoms with Crippen molar-refractivity contribution in [2.45, 2.75) is 51.4 Å². The van der Waals surface area contributed by atoms with Crippen LogP contribution in [0.3, 0.4) is 0 Å². The van der Waals surface area contributed by atoms with Crippen molar-refractivity contribution in [2.24, 2.45) is 5.92 Å². The van der Waals surface area contributed by atoms with Crippen molar-refractivity contribution in [1.82, 2.24) is 10.3 Å². The Morgan fingerprint density at radius 1 is 1.13 bits per heavy atom. The van der Waals surface area contributed by atoms with Gasteiger partial charge in [0.15, 0.2) is 11.5 Å². The van der Waals surface area contributed by atoms with Crippen molar-refractivity contribution >= 4 is 5.91 Å². The van der Waals surface area contributed by atoms with Gasteiger partial charge in [0.1, 0.15) is 6.61 Å². The van der Waals surface area contributed by atoms with E-state index < -0.39 is 12.1 Å². The van der Waals surface area contributed by atoms with Crippen LogP contribution in [0.2, 0.25) is 0 Å².